The molecule has 2 atom stereocenters. The molecule has 3 nitrogen and oxygen atoms in total. The molecular formula is C21H27O3P. The van der Waals surface area contributed by atoms with Crippen LogP contribution < -0.4 is 19.5 Å². The molecule has 134 valence electrons. The lowest BCUT2D eigenvalue weighted by molar-refractivity contribution is 0.288. The van der Waals surface area contributed by atoms with Crippen LogP contribution in [0.1, 0.15) is 34.1 Å². The molecule has 2 aromatic rings. The SMILES string of the molecule is CC[C@H]1Oc2cccc(-c3c(OC)cccc3OC)c2[P@@]1C(C)(C)C. The van der Waals surface area contributed by atoms with Crippen molar-refractivity contribution in [3.63, 3.8) is 0 Å². The fourth-order valence-corrected chi connectivity index (χ4v) is 6.78. The number of hydrogen-bond donors (Lipinski definition) is 0. The molecule has 4 heteroatoms. The predicted octanol–water partition coefficient (Wildman–Crippen LogP) is 5.41. The van der Waals surface area contributed by atoms with Gasteiger partial charge in [-0.1, -0.05) is 45.9 Å². The highest BCUT2D eigenvalue weighted by atomic mass is 31.1. The quantitative estimate of drug-likeness (QED) is 0.685. The summed E-state index contributed by atoms with van der Waals surface area (Å²) in [6, 6.07) is 12.3. The summed E-state index contributed by atoms with van der Waals surface area (Å²) in [5, 5.41) is 1.49. The minimum atomic E-state index is -0.478. The van der Waals surface area contributed by atoms with Crippen molar-refractivity contribution >= 4 is 13.2 Å². The lowest BCUT2D eigenvalue weighted by atomic mass is 10.0. The van der Waals surface area contributed by atoms with E-state index in [-0.39, 0.29) is 11.0 Å². The van der Waals surface area contributed by atoms with Crippen LogP contribution in [0.3, 0.4) is 0 Å². The van der Waals surface area contributed by atoms with Crippen molar-refractivity contribution in [1.82, 2.24) is 0 Å². The van der Waals surface area contributed by atoms with Crippen LogP contribution in [0.25, 0.3) is 11.1 Å². The van der Waals surface area contributed by atoms with Crippen molar-refractivity contribution < 1.29 is 14.2 Å². The lowest BCUT2D eigenvalue weighted by Crippen LogP contribution is -2.24. The van der Waals surface area contributed by atoms with Crippen LogP contribution in [0.5, 0.6) is 17.2 Å². The Balaban J connectivity index is 2.28. The van der Waals surface area contributed by atoms with Gasteiger partial charge in [0.1, 0.15) is 23.1 Å². The first-order chi connectivity index (χ1) is 11.9. The molecule has 0 N–H and O–H groups in total. The van der Waals surface area contributed by atoms with Crippen LogP contribution in [0.4, 0.5) is 0 Å². The average Bonchev–Trinajstić information content (AvgIpc) is 3.00. The second kappa shape index (κ2) is 6.88. The zero-order chi connectivity index (χ0) is 18.2. The van der Waals surface area contributed by atoms with Crippen LogP contribution in [0.15, 0.2) is 36.4 Å². The van der Waals surface area contributed by atoms with Crippen molar-refractivity contribution in [1.29, 1.82) is 0 Å². The zero-order valence-electron chi connectivity index (χ0n) is 15.9. The number of ether oxygens (including phenoxy) is 3. The van der Waals surface area contributed by atoms with Gasteiger partial charge in [-0.05, 0) is 37.7 Å². The number of methoxy groups -OCH3 is 2. The summed E-state index contributed by atoms with van der Waals surface area (Å²) < 4.78 is 17.7. The fourth-order valence-electron chi connectivity index (χ4n) is 3.56. The van der Waals surface area contributed by atoms with Crippen molar-refractivity contribution in [3.8, 4) is 28.4 Å². The van der Waals surface area contributed by atoms with Crippen LogP contribution in [0, 0.1) is 0 Å². The molecule has 0 bridgehead atoms. The van der Waals surface area contributed by atoms with Gasteiger partial charge in [-0.25, -0.2) is 0 Å². The van der Waals surface area contributed by atoms with E-state index in [0.29, 0.717) is 0 Å². The monoisotopic (exact) mass is 358 g/mol. The Bertz CT molecular complexity index is 742. The molecule has 0 unspecified atom stereocenters. The first-order valence-corrected chi connectivity index (χ1v) is 10.1. The Morgan fingerprint density at radius 1 is 1.00 bits per heavy atom. The van der Waals surface area contributed by atoms with Gasteiger partial charge in [0.25, 0.3) is 0 Å². The standard InChI is InChI=1S/C21H27O3P/c1-7-18-24-17-13-8-10-14(20(17)25(18)21(2,3)4)19-15(22-5)11-9-12-16(19)23-6/h8-13,18H,7H2,1-6H3/t18-,25-/m0/s1. The Hall–Kier alpha value is -1.73. The van der Waals surface area contributed by atoms with Crippen LogP contribution in [-0.2, 0) is 0 Å². The molecule has 1 aliphatic heterocycles. The molecule has 1 heterocycles. The summed E-state index contributed by atoms with van der Waals surface area (Å²) in [5.74, 6) is 2.93. The molecule has 3 rings (SSSR count). The molecule has 0 saturated heterocycles. The van der Waals surface area contributed by atoms with Gasteiger partial charge in [0.05, 0.1) is 19.8 Å². The lowest BCUT2D eigenvalue weighted by Gasteiger charge is -2.32. The number of fused-ring (bicyclic) bond motifs is 1. The van der Waals surface area contributed by atoms with E-state index < -0.39 is 7.92 Å². The Kier molecular flexibility index (Phi) is 4.97. The van der Waals surface area contributed by atoms with Crippen LogP contribution in [-0.4, -0.2) is 25.2 Å². The van der Waals surface area contributed by atoms with Gasteiger partial charge >= 0.3 is 0 Å². The zero-order valence-corrected chi connectivity index (χ0v) is 16.8. The van der Waals surface area contributed by atoms with E-state index in [4.69, 9.17) is 14.2 Å². The first-order valence-electron chi connectivity index (χ1n) is 8.72. The number of benzene rings is 2. The topological polar surface area (TPSA) is 27.7 Å². The molecule has 0 fully saturated rings. The molecule has 0 aliphatic carbocycles. The van der Waals surface area contributed by atoms with E-state index in [1.807, 2.05) is 18.2 Å². The third-order valence-electron chi connectivity index (χ3n) is 4.56. The maximum absolute atomic E-state index is 6.35. The summed E-state index contributed by atoms with van der Waals surface area (Å²) in [5.41, 5.74) is 2.19. The van der Waals surface area contributed by atoms with Crippen molar-refractivity contribution in [2.45, 2.75) is 45.1 Å². The first kappa shape index (κ1) is 18.1. The maximum Gasteiger partial charge on any atom is 0.130 e. The molecule has 0 spiro atoms. The van der Waals surface area contributed by atoms with Gasteiger partial charge in [-0.2, -0.15) is 0 Å². The van der Waals surface area contributed by atoms with Crippen molar-refractivity contribution in [3.05, 3.63) is 36.4 Å². The maximum atomic E-state index is 6.35. The molecule has 0 saturated carbocycles. The normalized spacial score (nSPS) is 19.3. The van der Waals surface area contributed by atoms with E-state index in [0.717, 1.165) is 29.2 Å². The van der Waals surface area contributed by atoms with E-state index in [2.05, 4.69) is 45.9 Å². The molecule has 0 aromatic heterocycles. The van der Waals surface area contributed by atoms with E-state index in [1.165, 1.54) is 10.9 Å². The largest absolute Gasteiger partial charge is 0.496 e. The highest BCUT2D eigenvalue weighted by Gasteiger charge is 2.42. The summed E-state index contributed by atoms with van der Waals surface area (Å²) in [7, 11) is 2.94. The molecular weight excluding hydrogens is 331 g/mol. The Labute approximate surface area is 152 Å². The number of hydrogen-bond acceptors (Lipinski definition) is 3. The summed E-state index contributed by atoms with van der Waals surface area (Å²) in [4.78, 5) is 0. The minimum Gasteiger partial charge on any atom is -0.496 e. The van der Waals surface area contributed by atoms with Crippen LogP contribution in [0.2, 0.25) is 0 Å². The molecule has 25 heavy (non-hydrogen) atoms. The molecule has 1 aliphatic rings. The molecule has 2 aromatic carbocycles. The number of rotatable bonds is 4. The van der Waals surface area contributed by atoms with E-state index in [1.54, 1.807) is 14.2 Å². The predicted molar refractivity (Wildman–Crippen MR) is 106 cm³/mol. The van der Waals surface area contributed by atoms with Gasteiger partial charge in [0, 0.05) is 10.9 Å². The van der Waals surface area contributed by atoms with Gasteiger partial charge < -0.3 is 14.2 Å². The second-order valence-electron chi connectivity index (χ2n) is 7.21. The Morgan fingerprint density at radius 2 is 1.60 bits per heavy atom. The van der Waals surface area contributed by atoms with E-state index >= 15 is 0 Å². The van der Waals surface area contributed by atoms with Crippen LogP contribution >= 0.6 is 7.92 Å². The average molecular weight is 358 g/mol. The Morgan fingerprint density at radius 3 is 2.12 bits per heavy atom. The summed E-state index contributed by atoms with van der Waals surface area (Å²) in [6.07, 6.45) is 1.01. The van der Waals surface area contributed by atoms with Gasteiger partial charge in [-0.15, -0.1) is 0 Å². The van der Waals surface area contributed by atoms with Gasteiger partial charge in [-0.3, -0.25) is 0 Å². The third-order valence-corrected chi connectivity index (χ3v) is 8.00. The van der Waals surface area contributed by atoms with Gasteiger partial charge in [0.2, 0.25) is 0 Å². The molecule has 0 radical (unpaired) electrons. The van der Waals surface area contributed by atoms with E-state index in [9.17, 15) is 0 Å². The fraction of sp³-hybridized carbons (Fsp3) is 0.429. The third kappa shape index (κ3) is 3.11. The summed E-state index contributed by atoms with van der Waals surface area (Å²) in [6.45, 7) is 9.16. The van der Waals surface area contributed by atoms with Crippen molar-refractivity contribution in [2.75, 3.05) is 14.2 Å². The highest BCUT2D eigenvalue weighted by Crippen LogP contribution is 2.61. The highest BCUT2D eigenvalue weighted by molar-refractivity contribution is 7.68. The van der Waals surface area contributed by atoms with Gasteiger partial charge in [0.15, 0.2) is 0 Å². The minimum absolute atomic E-state index is 0.159. The molecule has 0 amide bonds. The van der Waals surface area contributed by atoms with Crippen molar-refractivity contribution in [2.24, 2.45) is 0 Å². The second-order valence-corrected chi connectivity index (χ2v) is 10.3. The summed E-state index contributed by atoms with van der Waals surface area (Å²) >= 11 is 0. The smallest absolute Gasteiger partial charge is 0.130 e.